The molecule has 14 heteroatoms. The van der Waals surface area contributed by atoms with E-state index < -0.39 is 0 Å². The van der Waals surface area contributed by atoms with Gasteiger partial charge in [0.1, 0.15) is 0 Å². The first kappa shape index (κ1) is 53.4. The van der Waals surface area contributed by atoms with Crippen molar-refractivity contribution >= 4 is 39.8 Å². The van der Waals surface area contributed by atoms with E-state index >= 15 is 0 Å². The SMILES string of the molecule is CN1CC[C@]2(c3cccc4c3N[C@@H]3N(C)CC[C@]43c3cccc4c3N[C@@H]3N(C)CC[C@]43c3cccc4c3N[C@@H]3N(C)CC[C@@]43[C@@]34CCN(C)[C@@H]3Nc3ccccc34)c3cccc([C@]45CCN(C)[C@H]4Nc4c5cccc4[C@]45CCN(C)[C@H]4Nc4ccccc45)c3N[C@H]12. The number of hydrogen-bond donors (Lipinski definition) is 7. The molecule has 14 aliphatic rings. The van der Waals surface area contributed by atoms with E-state index in [2.05, 4.69) is 260 Å². The predicted molar refractivity (Wildman–Crippen MR) is 365 cm³/mol. The summed E-state index contributed by atoms with van der Waals surface area (Å²) in [4.78, 5) is 18.3. The summed E-state index contributed by atoms with van der Waals surface area (Å²) < 4.78 is 0. The van der Waals surface area contributed by atoms with E-state index in [1.165, 1.54) is 107 Å². The molecule has 7 fully saturated rings. The number of likely N-dealkylation sites (tertiary alicyclic amines) is 7. The van der Waals surface area contributed by atoms with Crippen LogP contribution in [0.2, 0.25) is 0 Å². The molecule has 91 heavy (non-hydrogen) atoms. The smallest absolute Gasteiger partial charge is 0.0933 e. The van der Waals surface area contributed by atoms with E-state index in [1.807, 2.05) is 0 Å². The maximum Gasteiger partial charge on any atom is 0.0933 e. The predicted octanol–water partition coefficient (Wildman–Crippen LogP) is 9.90. The van der Waals surface area contributed by atoms with Gasteiger partial charge in [-0.05, 0) is 173 Å². The lowest BCUT2D eigenvalue weighted by Gasteiger charge is -2.48. The van der Waals surface area contributed by atoms with Crippen LogP contribution in [0.4, 0.5) is 39.8 Å². The minimum Gasteiger partial charge on any atom is -0.369 e. The first-order valence-corrected chi connectivity index (χ1v) is 34.5. The molecule has 0 radical (unpaired) electrons. The topological polar surface area (TPSA) is 107 Å². The minimum absolute atomic E-state index is 0.0813. The second kappa shape index (κ2) is 17.6. The highest BCUT2D eigenvalue weighted by atomic mass is 15.4. The van der Waals surface area contributed by atoms with Crippen molar-refractivity contribution < 1.29 is 0 Å². The van der Waals surface area contributed by atoms with Crippen LogP contribution in [0, 0.1) is 0 Å². The number of benzene rings is 7. The molecule has 21 rings (SSSR count). The van der Waals surface area contributed by atoms with E-state index in [1.54, 1.807) is 0 Å². The van der Waals surface area contributed by atoms with Crippen molar-refractivity contribution in [3.8, 4) is 0 Å². The molecule has 7 aromatic carbocycles. The summed E-state index contributed by atoms with van der Waals surface area (Å²) in [5.41, 5.74) is 25.4. The fourth-order valence-electron chi connectivity index (χ4n) is 24.4. The van der Waals surface area contributed by atoms with E-state index in [0.717, 1.165) is 90.8 Å². The summed E-state index contributed by atoms with van der Waals surface area (Å²) >= 11 is 0. The number of anilines is 7. The van der Waals surface area contributed by atoms with Crippen LogP contribution in [-0.4, -0.2) is 173 Å². The van der Waals surface area contributed by atoms with Gasteiger partial charge in [-0.15, -0.1) is 0 Å². The molecule has 0 aliphatic carbocycles. The van der Waals surface area contributed by atoms with Gasteiger partial charge in [0.2, 0.25) is 0 Å². The van der Waals surface area contributed by atoms with Crippen molar-refractivity contribution in [3.63, 3.8) is 0 Å². The Balaban J connectivity index is 0.704. The maximum atomic E-state index is 4.47. The van der Waals surface area contributed by atoms with E-state index in [0.29, 0.717) is 0 Å². The number of hydrogen-bond acceptors (Lipinski definition) is 14. The van der Waals surface area contributed by atoms with Crippen LogP contribution >= 0.6 is 0 Å². The molecule has 0 bridgehead atoms. The van der Waals surface area contributed by atoms with Gasteiger partial charge in [-0.25, -0.2) is 0 Å². The summed E-state index contributed by atoms with van der Waals surface area (Å²) in [6.45, 7) is 7.30. The van der Waals surface area contributed by atoms with E-state index in [9.17, 15) is 0 Å². The number of nitrogens with one attached hydrogen (secondary N) is 7. The molecular weight excluding hydrogens is 1120 g/mol. The Labute approximate surface area is 536 Å². The highest BCUT2D eigenvalue weighted by Gasteiger charge is 2.73. The number of para-hydroxylation sites is 7. The largest absolute Gasteiger partial charge is 0.369 e. The molecule has 7 aromatic rings. The molecule has 0 unspecified atom stereocenters. The van der Waals surface area contributed by atoms with Crippen LogP contribution < -0.4 is 37.2 Å². The molecule has 14 atom stereocenters. The Morgan fingerprint density at radius 1 is 0.231 bits per heavy atom. The van der Waals surface area contributed by atoms with Crippen LogP contribution in [0.15, 0.2) is 140 Å². The Kier molecular flexibility index (Phi) is 10.3. The lowest BCUT2D eigenvalue weighted by atomic mass is 9.54. The zero-order valence-corrected chi connectivity index (χ0v) is 53.9. The standard InChI is InChI=1S/C77H86N14/c1-85-38-31-71(45-17-8-10-29-57(45)78-64(71)85)47-19-12-20-48-59(47)80-65-72(48,32-39-86(65)2)49-21-13-22-50-60(49)81-66-73(50,33-40-87(66)3)51-23-14-24-52-61(51)82-67-74(52,34-41-88(67)4)53-25-15-26-54-62(53)83-68-75(54,35-42-89(68)5)55-27-16-28-56-63(55)84-70-77(56,37-44-91(70)7)76-36-43-90(6)69(76)79-58-30-11-9-18-46(58)76/h8-30,64-70,78-84H,31-44H2,1-7H3/t64-,65-,66-,67-,68-,69+,70-,71-,72-,73-,74-,75-,76-,77-/m1/s1. The molecule has 0 aromatic heterocycles. The monoisotopic (exact) mass is 1210 g/mol. The highest BCUT2D eigenvalue weighted by Crippen LogP contribution is 2.70. The Bertz CT molecular complexity index is 4340. The van der Waals surface area contributed by atoms with Crippen molar-refractivity contribution in [2.24, 2.45) is 0 Å². The third kappa shape index (κ3) is 5.79. The van der Waals surface area contributed by atoms with Crippen LogP contribution in [0.3, 0.4) is 0 Å². The summed E-state index contributed by atoms with van der Waals surface area (Å²) in [6.07, 6.45) is 8.53. The van der Waals surface area contributed by atoms with Crippen molar-refractivity contribution in [2.45, 2.75) is 126 Å². The van der Waals surface area contributed by atoms with Gasteiger partial charge in [0.25, 0.3) is 0 Å². The average molecular weight is 1210 g/mol. The van der Waals surface area contributed by atoms with Gasteiger partial charge in [-0.1, -0.05) is 127 Å². The molecule has 7 N–H and O–H groups in total. The number of rotatable bonds is 6. The summed E-state index contributed by atoms with van der Waals surface area (Å²) in [5, 5.41) is 30.3. The Hall–Kier alpha value is -7.14. The summed E-state index contributed by atoms with van der Waals surface area (Å²) in [5.74, 6) is 0. The zero-order chi connectivity index (χ0) is 60.7. The Morgan fingerprint density at radius 2 is 0.451 bits per heavy atom. The fraction of sp³-hybridized carbons (Fsp3) is 0.455. The van der Waals surface area contributed by atoms with Crippen molar-refractivity contribution in [1.29, 1.82) is 0 Å². The average Bonchev–Trinajstić information content (AvgIpc) is 1.51. The second-order valence-electron chi connectivity index (χ2n) is 31.0. The van der Waals surface area contributed by atoms with Gasteiger partial charge in [-0.2, -0.15) is 0 Å². The molecule has 14 nitrogen and oxygen atoms in total. The molecular formula is C77H86N14. The van der Waals surface area contributed by atoms with Crippen LogP contribution in [0.25, 0.3) is 0 Å². The van der Waals surface area contributed by atoms with Gasteiger partial charge < -0.3 is 37.2 Å². The van der Waals surface area contributed by atoms with Crippen LogP contribution in [0.5, 0.6) is 0 Å². The molecule has 0 amide bonds. The van der Waals surface area contributed by atoms with Crippen molar-refractivity contribution in [1.82, 2.24) is 34.3 Å². The molecule has 7 saturated heterocycles. The van der Waals surface area contributed by atoms with Gasteiger partial charge in [0.05, 0.1) is 70.2 Å². The number of nitrogens with zero attached hydrogens (tertiary/aromatic N) is 7. The first-order chi connectivity index (χ1) is 44.4. The summed E-state index contributed by atoms with van der Waals surface area (Å²) in [7, 11) is 16.5. The number of likely N-dealkylation sites (N-methyl/N-ethyl adjacent to an activating group) is 7. The first-order valence-electron chi connectivity index (χ1n) is 34.5. The summed E-state index contributed by atoms with van der Waals surface area (Å²) in [6, 6.07) is 55.8. The van der Waals surface area contributed by atoms with E-state index in [4.69, 9.17) is 0 Å². The maximum absolute atomic E-state index is 4.47. The van der Waals surface area contributed by atoms with Gasteiger partial charge in [0.15, 0.2) is 0 Å². The lowest BCUT2D eigenvalue weighted by molar-refractivity contribution is 0.147. The second-order valence-corrected chi connectivity index (χ2v) is 31.0. The lowest BCUT2D eigenvalue weighted by Crippen LogP contribution is -2.60. The minimum atomic E-state index is -0.296. The fourth-order valence-corrected chi connectivity index (χ4v) is 24.4. The van der Waals surface area contributed by atoms with Gasteiger partial charge in [0, 0.05) is 96.5 Å². The number of fused-ring (bicyclic) bond motifs is 22. The highest BCUT2D eigenvalue weighted by molar-refractivity contribution is 5.86. The molecule has 14 aliphatic heterocycles. The van der Waals surface area contributed by atoms with Gasteiger partial charge in [-0.3, -0.25) is 34.3 Å². The third-order valence-electron chi connectivity index (χ3n) is 28.1. The van der Waals surface area contributed by atoms with Crippen LogP contribution in [0.1, 0.15) is 112 Å². The third-order valence-corrected chi connectivity index (χ3v) is 28.1. The molecule has 464 valence electrons. The van der Waals surface area contributed by atoms with Crippen LogP contribution in [-0.2, 0) is 37.9 Å². The zero-order valence-electron chi connectivity index (χ0n) is 53.9. The Morgan fingerprint density at radius 3 is 0.824 bits per heavy atom. The molecule has 14 heterocycles. The van der Waals surface area contributed by atoms with Crippen molar-refractivity contribution in [3.05, 3.63) is 206 Å². The van der Waals surface area contributed by atoms with Crippen molar-refractivity contribution in [2.75, 3.05) is 132 Å². The normalized spacial score (nSPS) is 38.2. The molecule has 0 saturated carbocycles. The molecule has 0 spiro atoms. The van der Waals surface area contributed by atoms with E-state index in [-0.39, 0.29) is 81.1 Å². The van der Waals surface area contributed by atoms with Gasteiger partial charge >= 0.3 is 0 Å². The quantitative estimate of drug-likeness (QED) is 0.0860.